The summed E-state index contributed by atoms with van der Waals surface area (Å²) >= 11 is 0. The molecule has 0 radical (unpaired) electrons. The lowest BCUT2D eigenvalue weighted by molar-refractivity contribution is 0.380. The minimum Gasteiger partial charge on any atom is -0.353 e. The highest BCUT2D eigenvalue weighted by atomic mass is 19.1. The van der Waals surface area contributed by atoms with E-state index in [1.807, 2.05) is 24.9 Å². The summed E-state index contributed by atoms with van der Waals surface area (Å²) in [7, 11) is 1.94. The van der Waals surface area contributed by atoms with Crippen molar-refractivity contribution in [2.24, 2.45) is 4.99 Å². The van der Waals surface area contributed by atoms with Crippen LogP contribution in [0.25, 0.3) is 5.70 Å². The molecule has 4 heteroatoms. The monoisotopic (exact) mass is 205 g/mol. The zero-order valence-corrected chi connectivity index (χ0v) is 8.68. The quantitative estimate of drug-likeness (QED) is 0.655. The van der Waals surface area contributed by atoms with Gasteiger partial charge in [0.1, 0.15) is 6.17 Å². The fourth-order valence-corrected chi connectivity index (χ4v) is 1.52. The molecular formula is C11H12FN3. The molecule has 0 N–H and O–H groups in total. The summed E-state index contributed by atoms with van der Waals surface area (Å²) in [5.41, 5.74) is 1.78. The SMILES string of the molecule is CC1N=CC=C(c2ccnc(F)c2)N1C. The molecule has 0 bridgehead atoms. The largest absolute Gasteiger partial charge is 0.353 e. The summed E-state index contributed by atoms with van der Waals surface area (Å²) in [6.07, 6.45) is 5.17. The third-order valence-corrected chi connectivity index (χ3v) is 2.50. The van der Waals surface area contributed by atoms with Gasteiger partial charge in [-0.05, 0) is 19.1 Å². The van der Waals surface area contributed by atoms with Crippen molar-refractivity contribution in [2.75, 3.05) is 7.05 Å². The Bertz CT molecular complexity index is 426. The van der Waals surface area contributed by atoms with E-state index in [0.29, 0.717) is 0 Å². The van der Waals surface area contributed by atoms with E-state index in [9.17, 15) is 4.39 Å². The van der Waals surface area contributed by atoms with Crippen molar-refractivity contribution < 1.29 is 4.39 Å². The standard InChI is InChI=1S/C11H12FN3/c1-8-13-6-4-10(15(8)2)9-3-5-14-11(12)7-9/h3-8H,1-2H3. The molecule has 2 rings (SSSR count). The number of aromatic nitrogens is 1. The van der Waals surface area contributed by atoms with Crippen LogP contribution in [0.2, 0.25) is 0 Å². The number of nitrogens with zero attached hydrogens (tertiary/aromatic N) is 3. The first-order valence-electron chi connectivity index (χ1n) is 4.76. The van der Waals surface area contributed by atoms with Gasteiger partial charge in [-0.2, -0.15) is 4.39 Å². The van der Waals surface area contributed by atoms with E-state index in [0.717, 1.165) is 11.3 Å². The maximum Gasteiger partial charge on any atom is 0.213 e. The fraction of sp³-hybridized carbons (Fsp3) is 0.273. The average Bonchev–Trinajstić information content (AvgIpc) is 2.22. The van der Waals surface area contributed by atoms with Gasteiger partial charge in [-0.25, -0.2) is 4.98 Å². The van der Waals surface area contributed by atoms with Gasteiger partial charge < -0.3 is 4.90 Å². The number of halogens is 1. The second-order valence-electron chi connectivity index (χ2n) is 3.46. The number of hydrogen-bond acceptors (Lipinski definition) is 3. The van der Waals surface area contributed by atoms with Crippen LogP contribution in [0.3, 0.4) is 0 Å². The van der Waals surface area contributed by atoms with Crippen molar-refractivity contribution in [1.29, 1.82) is 0 Å². The number of aliphatic imine (C=N–C) groups is 1. The van der Waals surface area contributed by atoms with Gasteiger partial charge >= 0.3 is 0 Å². The van der Waals surface area contributed by atoms with Gasteiger partial charge in [-0.1, -0.05) is 0 Å². The van der Waals surface area contributed by atoms with Crippen LogP contribution in [0.4, 0.5) is 4.39 Å². The van der Waals surface area contributed by atoms with Crippen molar-refractivity contribution in [3.63, 3.8) is 0 Å². The summed E-state index contributed by atoms with van der Waals surface area (Å²) in [5, 5.41) is 0. The van der Waals surface area contributed by atoms with Gasteiger partial charge in [0.2, 0.25) is 5.95 Å². The lowest BCUT2D eigenvalue weighted by atomic mass is 10.1. The summed E-state index contributed by atoms with van der Waals surface area (Å²) < 4.78 is 13.0. The van der Waals surface area contributed by atoms with Gasteiger partial charge in [0.15, 0.2) is 0 Å². The number of hydrogen-bond donors (Lipinski definition) is 0. The minimum absolute atomic E-state index is 0.0845. The maximum absolute atomic E-state index is 13.0. The molecular weight excluding hydrogens is 193 g/mol. The number of rotatable bonds is 1. The predicted octanol–water partition coefficient (Wildman–Crippen LogP) is 1.92. The highest BCUT2D eigenvalue weighted by Crippen LogP contribution is 2.22. The van der Waals surface area contributed by atoms with Crippen molar-refractivity contribution in [3.8, 4) is 0 Å². The van der Waals surface area contributed by atoms with Crippen molar-refractivity contribution >= 4 is 11.9 Å². The van der Waals surface area contributed by atoms with E-state index in [2.05, 4.69) is 9.98 Å². The maximum atomic E-state index is 13.0. The Morgan fingerprint density at radius 1 is 1.47 bits per heavy atom. The fourth-order valence-electron chi connectivity index (χ4n) is 1.52. The molecule has 0 spiro atoms. The van der Waals surface area contributed by atoms with Crippen LogP contribution in [-0.4, -0.2) is 29.3 Å². The lowest BCUT2D eigenvalue weighted by Crippen LogP contribution is -2.28. The van der Waals surface area contributed by atoms with E-state index in [1.165, 1.54) is 12.3 Å². The molecule has 0 aromatic carbocycles. The molecule has 1 atom stereocenters. The highest BCUT2D eigenvalue weighted by molar-refractivity contribution is 5.85. The second kappa shape index (κ2) is 3.81. The molecule has 3 nitrogen and oxygen atoms in total. The van der Waals surface area contributed by atoms with Gasteiger partial charge in [0.05, 0.1) is 0 Å². The third kappa shape index (κ3) is 1.88. The molecule has 1 aromatic rings. The van der Waals surface area contributed by atoms with Crippen molar-refractivity contribution in [3.05, 3.63) is 35.9 Å². The van der Waals surface area contributed by atoms with Crippen LogP contribution in [-0.2, 0) is 0 Å². The van der Waals surface area contributed by atoms with E-state index < -0.39 is 5.95 Å². The molecule has 0 fully saturated rings. The summed E-state index contributed by atoms with van der Waals surface area (Å²) in [5.74, 6) is -0.461. The molecule has 0 saturated carbocycles. The van der Waals surface area contributed by atoms with Crippen LogP contribution in [0.5, 0.6) is 0 Å². The third-order valence-electron chi connectivity index (χ3n) is 2.50. The van der Waals surface area contributed by atoms with E-state index >= 15 is 0 Å². The first-order chi connectivity index (χ1) is 7.18. The Hall–Kier alpha value is -1.71. The zero-order valence-electron chi connectivity index (χ0n) is 8.68. The topological polar surface area (TPSA) is 28.5 Å². The Balaban J connectivity index is 2.39. The van der Waals surface area contributed by atoms with Crippen LogP contribution in [0.1, 0.15) is 12.5 Å². The Morgan fingerprint density at radius 3 is 3.00 bits per heavy atom. The molecule has 1 aromatic heterocycles. The number of allylic oxidation sites excluding steroid dienone is 1. The molecule has 2 heterocycles. The first kappa shape index (κ1) is 9.83. The van der Waals surface area contributed by atoms with Crippen LogP contribution < -0.4 is 0 Å². The van der Waals surface area contributed by atoms with E-state index in [1.54, 1.807) is 12.3 Å². The highest BCUT2D eigenvalue weighted by Gasteiger charge is 2.15. The van der Waals surface area contributed by atoms with Crippen LogP contribution in [0.15, 0.2) is 29.4 Å². The van der Waals surface area contributed by atoms with Gasteiger partial charge in [0, 0.05) is 36.8 Å². The predicted molar refractivity (Wildman–Crippen MR) is 57.9 cm³/mol. The van der Waals surface area contributed by atoms with E-state index in [-0.39, 0.29) is 6.17 Å². The average molecular weight is 205 g/mol. The zero-order chi connectivity index (χ0) is 10.8. The molecule has 1 aliphatic rings. The normalized spacial score (nSPS) is 20.3. The Labute approximate surface area is 88.0 Å². The molecule has 1 unspecified atom stereocenters. The molecule has 0 amide bonds. The van der Waals surface area contributed by atoms with E-state index in [4.69, 9.17) is 0 Å². The number of pyridine rings is 1. The van der Waals surface area contributed by atoms with Crippen LogP contribution in [0, 0.1) is 5.95 Å². The van der Waals surface area contributed by atoms with Crippen LogP contribution >= 0.6 is 0 Å². The molecule has 0 aliphatic carbocycles. The Morgan fingerprint density at radius 2 is 2.27 bits per heavy atom. The Kier molecular flexibility index (Phi) is 2.49. The summed E-state index contributed by atoms with van der Waals surface area (Å²) in [6, 6.07) is 3.21. The minimum atomic E-state index is -0.461. The van der Waals surface area contributed by atoms with Crippen molar-refractivity contribution in [1.82, 2.24) is 9.88 Å². The molecule has 0 saturated heterocycles. The summed E-state index contributed by atoms with van der Waals surface area (Å²) in [4.78, 5) is 9.75. The first-order valence-corrected chi connectivity index (χ1v) is 4.76. The van der Waals surface area contributed by atoms with Crippen molar-refractivity contribution in [2.45, 2.75) is 13.1 Å². The molecule has 78 valence electrons. The van der Waals surface area contributed by atoms with Gasteiger partial charge in [-0.3, -0.25) is 4.99 Å². The molecule has 1 aliphatic heterocycles. The summed E-state index contributed by atoms with van der Waals surface area (Å²) in [6.45, 7) is 1.99. The second-order valence-corrected chi connectivity index (χ2v) is 3.46. The van der Waals surface area contributed by atoms with Gasteiger partial charge in [-0.15, -0.1) is 0 Å². The van der Waals surface area contributed by atoms with Gasteiger partial charge in [0.25, 0.3) is 0 Å². The molecule has 15 heavy (non-hydrogen) atoms. The lowest BCUT2D eigenvalue weighted by Gasteiger charge is -2.29. The smallest absolute Gasteiger partial charge is 0.213 e.